The Morgan fingerprint density at radius 3 is 1.55 bits per heavy atom. The molecule has 6 aromatic rings. The van der Waals surface area contributed by atoms with Crippen LogP contribution in [0, 0.1) is 16.6 Å². The number of aromatic hydroxyl groups is 2. The maximum absolute atomic E-state index is 13.9. The summed E-state index contributed by atoms with van der Waals surface area (Å²) in [6, 6.07) is 21.3. The average molecular weight is 1680 g/mol. The van der Waals surface area contributed by atoms with Crippen LogP contribution in [0.25, 0.3) is 10.9 Å². The number of ether oxygens (including phenoxy) is 11. The molecule has 0 saturated carbocycles. The number of phenolic OH excluding ortho intramolecular Hbond substituents is 2. The van der Waals surface area contributed by atoms with Crippen molar-refractivity contribution in [3.05, 3.63) is 143 Å². The number of benzene rings is 5. The van der Waals surface area contributed by atoms with Gasteiger partial charge in [0.25, 0.3) is 0 Å². The van der Waals surface area contributed by atoms with Crippen LogP contribution >= 0.6 is 12.2 Å². The van der Waals surface area contributed by atoms with Crippen LogP contribution < -0.4 is 74.1 Å². The number of H-pyrrole nitrogens is 1. The van der Waals surface area contributed by atoms with Crippen LogP contribution in [0.5, 0.6) is 28.7 Å². The molecule has 1 spiro atoms. The first kappa shape index (κ1) is 92.6. The second-order valence-electron chi connectivity index (χ2n) is 26.8. The van der Waals surface area contributed by atoms with Gasteiger partial charge in [-0.15, -0.1) is 0 Å². The number of carbonyl (C=O) groups is 9. The largest absolute Gasteiger partial charge is 0.508 e. The first-order valence-corrected chi connectivity index (χ1v) is 38.9. The van der Waals surface area contributed by atoms with E-state index >= 15 is 0 Å². The fourth-order valence-electron chi connectivity index (χ4n) is 12.3. The molecule has 40 heteroatoms. The molecule has 2 aliphatic rings. The predicted octanol–water partition coefficient (Wildman–Crippen LogP) is 1.90. The van der Waals surface area contributed by atoms with Gasteiger partial charge in [0, 0.05) is 103 Å². The van der Waals surface area contributed by atoms with Crippen LogP contribution in [0.3, 0.4) is 0 Å². The normalized spacial score (nSPS) is 13.1. The molecule has 6 amide bonds. The summed E-state index contributed by atoms with van der Waals surface area (Å²) >= 11 is 5.49. The standard InChI is InChI=1S/C79H102FN15O23S/c80-50-9-14-54(15-10-50)116-70(101)20-19-63(71(102)85-25-29-110-33-31-108-27-21-67(98)92-62(8-4-24-87-77(83)84)73(104)95-61(7-3-23-86-76(81)82)72(103)90-48-69(100)94-64(74(105)106)43-49-47-89-60-6-2-1-5-55(49)60)93-68(99)22-28-109-32-35-112-37-39-114-41-42-115-40-38-113-36-34-111-30-26-88-78(119)91-51-11-16-57-56(44-51)75(107)118-79(57)58-17-12-52(96)45-65(58)117-66-46-53(97)13-18-59(66)79/h1-2,5-6,9-18,44-47,61-64,89,96-97H,3-4,7-8,19-43,48H2,(H,85,102)(H,90,103)(H,92,98)(H,93,99)(H,94,100)(H,95,104)(H,105,106)(H4,81,82,86)(H4,83,84,87)(H2,88,91,119)/t61-,62-,63+,64-/m0/s1. The molecule has 119 heavy (non-hydrogen) atoms. The van der Waals surface area contributed by atoms with Crippen molar-refractivity contribution >= 4 is 99.2 Å². The van der Waals surface area contributed by atoms with E-state index in [0.29, 0.717) is 98.0 Å². The average Bonchev–Trinajstić information content (AvgIpc) is 1.59. The summed E-state index contributed by atoms with van der Waals surface area (Å²) in [4.78, 5) is 122. The number of rotatable bonds is 55. The number of hydrogen-bond donors (Lipinski definition) is 18. The topological polar surface area (TPSA) is 552 Å². The quantitative estimate of drug-likeness (QED) is 0.00647. The van der Waals surface area contributed by atoms with Gasteiger partial charge in [0.2, 0.25) is 35.4 Å². The lowest BCUT2D eigenvalue weighted by atomic mass is 9.77. The van der Waals surface area contributed by atoms with Crippen molar-refractivity contribution in [2.45, 2.75) is 87.6 Å². The number of carbonyl (C=O) groups excluding carboxylic acids is 8. The van der Waals surface area contributed by atoms with Crippen LogP contribution in [0.2, 0.25) is 0 Å². The first-order valence-electron chi connectivity index (χ1n) is 38.5. The van der Waals surface area contributed by atoms with Crippen molar-refractivity contribution in [2.24, 2.45) is 11.5 Å². The van der Waals surface area contributed by atoms with Crippen molar-refractivity contribution in [1.29, 1.82) is 10.8 Å². The second-order valence-corrected chi connectivity index (χ2v) is 27.2. The minimum absolute atomic E-state index is 0.00617. The number of para-hydroxylation sites is 1. The molecule has 8 rings (SSSR count). The van der Waals surface area contributed by atoms with Crippen molar-refractivity contribution in [1.82, 2.24) is 52.8 Å². The van der Waals surface area contributed by atoms with Crippen molar-refractivity contribution in [2.75, 3.05) is 144 Å². The van der Waals surface area contributed by atoms with E-state index in [2.05, 4.69) is 58.2 Å². The lowest BCUT2D eigenvalue weighted by molar-refractivity contribution is -0.141. The summed E-state index contributed by atoms with van der Waals surface area (Å²) in [5.74, 6) is -7.42. The molecule has 0 unspecified atom stereocenters. The molecule has 0 bridgehead atoms. The smallest absolute Gasteiger partial charge is 0.340 e. The number of aromatic amines is 1. The van der Waals surface area contributed by atoms with E-state index in [9.17, 15) is 62.9 Å². The minimum atomic E-state index is -1.38. The van der Waals surface area contributed by atoms with Gasteiger partial charge >= 0.3 is 17.9 Å². The SMILES string of the molecule is N=C(N)NCCC[C@H](NC(=O)CCOCCOCCNC(=O)[C@@H](CCC(=O)Oc1ccc(F)cc1)NC(=O)CCOCCOCCOCCOCCOCCOCCNC(=S)Nc1ccc2c(c1)C(=O)OC21c2ccc(O)cc2Oc2cc(O)ccc21)C(=O)N[C@@H](CCCNC(=N)N)C(=O)NCC(=O)N[C@@H](Cc1c[nH]c2ccccc12)C(=O)O. The summed E-state index contributed by atoms with van der Waals surface area (Å²) < 4.78 is 75.6. The van der Waals surface area contributed by atoms with Crippen molar-refractivity contribution in [3.8, 4) is 28.7 Å². The summed E-state index contributed by atoms with van der Waals surface area (Å²) in [5.41, 5.74) is 13.3. The number of thiocarbonyl (C=S) groups is 1. The third kappa shape index (κ3) is 31.2. The number of nitrogens with two attached hydrogens (primary N) is 2. The third-order valence-corrected chi connectivity index (χ3v) is 18.3. The van der Waals surface area contributed by atoms with E-state index in [1.165, 1.54) is 36.4 Å². The maximum Gasteiger partial charge on any atom is 0.340 e. The number of guanidine groups is 2. The van der Waals surface area contributed by atoms with E-state index in [1.54, 1.807) is 42.6 Å². The van der Waals surface area contributed by atoms with Crippen LogP contribution in [-0.4, -0.2) is 253 Å². The number of hydrogen-bond acceptors (Lipinski definition) is 25. The van der Waals surface area contributed by atoms with Crippen molar-refractivity contribution in [3.63, 3.8) is 0 Å². The second kappa shape index (κ2) is 49.4. The molecule has 20 N–H and O–H groups in total. The predicted molar refractivity (Wildman–Crippen MR) is 431 cm³/mol. The Kier molecular flexibility index (Phi) is 38.4. The number of carboxylic acid groups (broad SMARTS) is 1. The zero-order valence-corrected chi connectivity index (χ0v) is 66.2. The molecule has 4 atom stereocenters. The Bertz CT molecular complexity index is 4360. The highest BCUT2D eigenvalue weighted by Gasteiger charge is 2.54. The molecule has 5 aromatic carbocycles. The molecule has 0 fully saturated rings. The molecule has 2 aliphatic heterocycles. The number of aliphatic carboxylic acids is 1. The van der Waals surface area contributed by atoms with Gasteiger partial charge in [-0.1, -0.05) is 24.3 Å². The first-order chi connectivity index (χ1) is 57.4. The minimum Gasteiger partial charge on any atom is -0.508 e. The van der Waals surface area contributed by atoms with Gasteiger partial charge in [0.05, 0.1) is 118 Å². The number of carboxylic acids is 1. The Hall–Kier alpha value is -11.9. The molecule has 0 saturated heterocycles. The van der Waals surface area contributed by atoms with Gasteiger partial charge in [-0.25, -0.2) is 14.0 Å². The van der Waals surface area contributed by atoms with Gasteiger partial charge < -0.3 is 137 Å². The highest BCUT2D eigenvalue weighted by atomic mass is 32.1. The Labute approximate surface area is 689 Å². The lowest BCUT2D eigenvalue weighted by Gasteiger charge is -2.36. The number of halogens is 1. The highest BCUT2D eigenvalue weighted by Crippen LogP contribution is 2.57. The van der Waals surface area contributed by atoms with Gasteiger partial charge in [0.1, 0.15) is 58.7 Å². The van der Waals surface area contributed by atoms with E-state index < -0.39 is 95.5 Å². The Balaban J connectivity index is 0.642. The molecular formula is C79H102FN15O23S. The van der Waals surface area contributed by atoms with Crippen molar-refractivity contribution < 1.29 is 115 Å². The molecule has 3 heterocycles. The maximum atomic E-state index is 13.9. The molecule has 1 aromatic heterocycles. The third-order valence-electron chi connectivity index (χ3n) is 18.0. The zero-order valence-electron chi connectivity index (χ0n) is 65.4. The lowest BCUT2D eigenvalue weighted by Crippen LogP contribution is -2.55. The van der Waals surface area contributed by atoms with Gasteiger partial charge in [0.15, 0.2) is 22.6 Å². The van der Waals surface area contributed by atoms with Crippen LogP contribution in [0.1, 0.15) is 84.0 Å². The molecule has 644 valence electrons. The Morgan fingerprint density at radius 1 is 0.521 bits per heavy atom. The van der Waals surface area contributed by atoms with E-state index in [0.717, 1.165) is 23.0 Å². The van der Waals surface area contributed by atoms with Crippen LogP contribution in [0.15, 0.2) is 109 Å². The van der Waals surface area contributed by atoms with E-state index in [4.69, 9.17) is 86.6 Å². The fraction of sp³-hybridized carbons (Fsp3) is 0.443. The molecule has 38 nitrogen and oxygen atoms in total. The summed E-state index contributed by atoms with van der Waals surface area (Å²) in [5, 5.41) is 73.2. The highest BCUT2D eigenvalue weighted by molar-refractivity contribution is 7.80. The Morgan fingerprint density at radius 2 is 1.01 bits per heavy atom. The monoisotopic (exact) mass is 1680 g/mol. The zero-order chi connectivity index (χ0) is 85.3. The molecular weight excluding hydrogens is 1580 g/mol. The number of anilines is 1. The van der Waals surface area contributed by atoms with E-state index in [-0.39, 0.29) is 171 Å². The summed E-state index contributed by atoms with van der Waals surface area (Å²) in [7, 11) is 0. The van der Waals surface area contributed by atoms with E-state index in [1.807, 2.05) is 18.2 Å². The van der Waals surface area contributed by atoms with Gasteiger partial charge in [-0.05, 0) is 117 Å². The summed E-state index contributed by atoms with van der Waals surface area (Å²) in [6.07, 6.45) is 1.20. The van der Waals surface area contributed by atoms with Gasteiger partial charge in [-0.2, -0.15) is 0 Å². The number of esters is 2. The van der Waals surface area contributed by atoms with Gasteiger partial charge in [-0.3, -0.25) is 44.4 Å². The number of aromatic nitrogens is 1. The fourth-order valence-corrected chi connectivity index (χ4v) is 12.5. The number of amides is 6. The number of phenols is 2. The molecule has 0 radical (unpaired) electrons. The molecule has 0 aliphatic carbocycles. The number of fused-ring (bicyclic) bond motifs is 7. The van der Waals surface area contributed by atoms with Crippen LogP contribution in [-0.2, 0) is 93.0 Å². The van der Waals surface area contributed by atoms with Crippen LogP contribution in [0.4, 0.5) is 10.1 Å². The number of nitrogens with one attached hydrogen (secondary N) is 13. The summed E-state index contributed by atoms with van der Waals surface area (Å²) in [6.45, 7) is 3.14.